The molecule has 0 radical (unpaired) electrons. The van der Waals surface area contributed by atoms with Crippen LogP contribution in [0.2, 0.25) is 5.02 Å². The second-order valence-corrected chi connectivity index (χ2v) is 15.3. The van der Waals surface area contributed by atoms with Crippen LogP contribution in [-0.2, 0) is 16.1 Å². The number of ether oxygens (including phenoxy) is 2. The van der Waals surface area contributed by atoms with Gasteiger partial charge >= 0.3 is 5.97 Å². The normalized spacial score (nSPS) is 14.6. The molecule has 1 aliphatic heterocycles. The van der Waals surface area contributed by atoms with Gasteiger partial charge in [-0.2, -0.15) is 0 Å². The van der Waals surface area contributed by atoms with Crippen molar-refractivity contribution >= 4 is 85.9 Å². The molecule has 0 saturated carbocycles. The van der Waals surface area contributed by atoms with Gasteiger partial charge in [0.25, 0.3) is 5.56 Å². The first-order chi connectivity index (χ1) is 23.1. The van der Waals surface area contributed by atoms with Crippen LogP contribution in [-0.4, -0.2) is 17.1 Å². The van der Waals surface area contributed by atoms with E-state index in [9.17, 15) is 9.59 Å². The molecule has 0 N–H and O–H groups in total. The molecule has 6 nitrogen and oxygen atoms in total. The number of carbonyl (C=O) groups excluding carboxylic acids is 1. The lowest BCUT2D eigenvalue weighted by Crippen LogP contribution is -2.40. The van der Waals surface area contributed by atoms with Gasteiger partial charge in [0.2, 0.25) is 0 Å². The first kappa shape index (κ1) is 34.6. The summed E-state index contributed by atoms with van der Waals surface area (Å²) in [4.78, 5) is 33.6. The molecular formula is C38H31ClI2N2O4S. The van der Waals surface area contributed by atoms with Gasteiger partial charge in [-0.15, -0.1) is 0 Å². The number of rotatable bonds is 9. The first-order valence-electron chi connectivity index (χ1n) is 15.4. The number of carbonyl (C=O) groups is 1. The van der Waals surface area contributed by atoms with E-state index in [1.807, 2.05) is 84.9 Å². The Balaban J connectivity index is 1.48. The van der Waals surface area contributed by atoms with Crippen molar-refractivity contribution in [1.29, 1.82) is 0 Å². The molecule has 0 aliphatic carbocycles. The minimum Gasteiger partial charge on any atom is -0.487 e. The van der Waals surface area contributed by atoms with Crippen molar-refractivity contribution in [2.75, 3.05) is 6.61 Å². The van der Waals surface area contributed by atoms with Crippen molar-refractivity contribution in [2.45, 2.75) is 39.3 Å². The second kappa shape index (κ2) is 15.1. The monoisotopic (exact) mass is 900 g/mol. The number of halogens is 3. The Morgan fingerprint density at radius 2 is 1.67 bits per heavy atom. The van der Waals surface area contributed by atoms with Crippen LogP contribution in [0.3, 0.4) is 0 Å². The maximum absolute atomic E-state index is 14.3. The van der Waals surface area contributed by atoms with Crippen molar-refractivity contribution in [2.24, 2.45) is 4.99 Å². The third-order valence-corrected chi connectivity index (χ3v) is 10.7. The van der Waals surface area contributed by atoms with Gasteiger partial charge in [-0.1, -0.05) is 104 Å². The fraction of sp³-hybridized carbons (Fsp3) is 0.184. The van der Waals surface area contributed by atoms with E-state index in [1.54, 1.807) is 11.5 Å². The quantitative estimate of drug-likeness (QED) is 0.110. The molecule has 1 aromatic heterocycles. The number of fused-ring (bicyclic) bond motifs is 1. The van der Waals surface area contributed by atoms with E-state index in [0.29, 0.717) is 38.2 Å². The predicted octanol–water partition coefficient (Wildman–Crippen LogP) is 8.50. The number of benzene rings is 4. The lowest BCUT2D eigenvalue weighted by Gasteiger charge is -2.26. The van der Waals surface area contributed by atoms with Crippen molar-refractivity contribution in [3.63, 3.8) is 0 Å². The number of esters is 1. The zero-order valence-corrected chi connectivity index (χ0v) is 32.3. The standard InChI is InChI=1S/C38H31ClI2N2O4S/c1-4-46-37(45)32-33(26-8-6-5-7-9-26)42-38-43(34(32)27-14-12-25(13-15-27)22(2)3)36(44)31(48-38)20-24-18-29(40)35(30(41)19-24)47-21-23-10-16-28(39)17-11-23/h5-20,22,34H,4,21H2,1-3H3/b31-20-/t34-/m0/s1. The molecule has 0 fully saturated rings. The van der Waals surface area contributed by atoms with Gasteiger partial charge in [-0.3, -0.25) is 9.36 Å². The first-order valence-corrected chi connectivity index (χ1v) is 18.7. The largest absolute Gasteiger partial charge is 0.487 e. The molecule has 10 heteroatoms. The molecule has 5 aromatic rings. The third kappa shape index (κ3) is 7.34. The smallest absolute Gasteiger partial charge is 0.338 e. The van der Waals surface area contributed by atoms with Crippen LogP contribution in [0.5, 0.6) is 5.75 Å². The fourth-order valence-electron chi connectivity index (χ4n) is 5.51. The molecule has 244 valence electrons. The van der Waals surface area contributed by atoms with Crippen molar-refractivity contribution in [3.8, 4) is 5.75 Å². The summed E-state index contributed by atoms with van der Waals surface area (Å²) in [7, 11) is 0. The highest BCUT2D eigenvalue weighted by atomic mass is 127. The molecule has 1 atom stereocenters. The number of aromatic nitrogens is 1. The molecule has 4 aromatic carbocycles. The van der Waals surface area contributed by atoms with Crippen LogP contribution < -0.4 is 19.6 Å². The van der Waals surface area contributed by atoms with E-state index in [1.165, 1.54) is 16.9 Å². The Hall–Kier alpha value is -3.26. The predicted molar refractivity (Wildman–Crippen MR) is 209 cm³/mol. The van der Waals surface area contributed by atoms with Crippen LogP contribution in [0.4, 0.5) is 0 Å². The van der Waals surface area contributed by atoms with Gasteiger partial charge < -0.3 is 9.47 Å². The molecule has 6 rings (SSSR count). The van der Waals surface area contributed by atoms with Gasteiger partial charge in [0.05, 0.1) is 35.6 Å². The van der Waals surface area contributed by atoms with Crippen molar-refractivity contribution in [1.82, 2.24) is 4.57 Å². The lowest BCUT2D eigenvalue weighted by atomic mass is 9.91. The molecule has 0 saturated heterocycles. The number of nitrogens with zero attached hydrogens (tertiary/aromatic N) is 2. The maximum Gasteiger partial charge on any atom is 0.338 e. The Kier molecular flexibility index (Phi) is 10.9. The second-order valence-electron chi connectivity index (χ2n) is 11.5. The average Bonchev–Trinajstić information content (AvgIpc) is 3.38. The van der Waals surface area contributed by atoms with Gasteiger partial charge in [-0.05, 0) is 111 Å². The van der Waals surface area contributed by atoms with E-state index < -0.39 is 12.0 Å². The Bertz CT molecular complexity index is 2170. The summed E-state index contributed by atoms with van der Waals surface area (Å²) in [6, 6.07) is 28.6. The molecule has 2 heterocycles. The Morgan fingerprint density at radius 3 is 2.29 bits per heavy atom. The summed E-state index contributed by atoms with van der Waals surface area (Å²) in [6.07, 6.45) is 1.88. The molecule has 0 unspecified atom stereocenters. The minimum atomic E-state index is -0.720. The SMILES string of the molecule is CCOC(=O)C1=C(c2ccccc2)N=c2s/c(=C\c3cc(I)c(OCc4ccc(Cl)cc4)c(I)c3)c(=O)n2[C@H]1c1ccc(C(C)C)cc1. The van der Waals surface area contributed by atoms with Crippen LogP contribution in [0, 0.1) is 7.14 Å². The Labute approximate surface area is 315 Å². The van der Waals surface area contributed by atoms with Gasteiger partial charge in [-0.25, -0.2) is 9.79 Å². The van der Waals surface area contributed by atoms with Gasteiger partial charge in [0.15, 0.2) is 4.80 Å². The van der Waals surface area contributed by atoms with E-state index in [4.69, 9.17) is 26.1 Å². The summed E-state index contributed by atoms with van der Waals surface area (Å²) in [5.41, 5.74) is 5.25. The number of hydrogen-bond acceptors (Lipinski definition) is 6. The third-order valence-electron chi connectivity index (χ3n) is 7.91. The summed E-state index contributed by atoms with van der Waals surface area (Å²) in [6.45, 7) is 6.65. The van der Waals surface area contributed by atoms with Gasteiger partial charge in [0, 0.05) is 10.6 Å². The molecular weight excluding hydrogens is 870 g/mol. The van der Waals surface area contributed by atoms with Crippen molar-refractivity contribution in [3.05, 3.63) is 156 Å². The van der Waals surface area contributed by atoms with Crippen LogP contribution in [0.1, 0.15) is 60.5 Å². The lowest BCUT2D eigenvalue weighted by molar-refractivity contribution is -0.138. The molecule has 1 aliphatic rings. The fourth-order valence-corrected chi connectivity index (χ4v) is 8.76. The molecule has 48 heavy (non-hydrogen) atoms. The zero-order valence-electron chi connectivity index (χ0n) is 26.4. The van der Waals surface area contributed by atoms with Crippen LogP contribution in [0.25, 0.3) is 11.8 Å². The molecule has 0 bridgehead atoms. The topological polar surface area (TPSA) is 69.9 Å². The van der Waals surface area contributed by atoms with Crippen molar-refractivity contribution < 1.29 is 14.3 Å². The highest BCUT2D eigenvalue weighted by Crippen LogP contribution is 2.36. The maximum atomic E-state index is 14.3. The number of thiazole rings is 1. The van der Waals surface area contributed by atoms with Crippen LogP contribution >= 0.6 is 68.1 Å². The molecule has 0 amide bonds. The summed E-state index contributed by atoms with van der Waals surface area (Å²) >= 11 is 11.9. The van der Waals surface area contributed by atoms with E-state index in [-0.39, 0.29) is 12.2 Å². The summed E-state index contributed by atoms with van der Waals surface area (Å²) in [5.74, 6) is 0.618. The highest BCUT2D eigenvalue weighted by Gasteiger charge is 2.35. The summed E-state index contributed by atoms with van der Waals surface area (Å²) < 4.78 is 15.8. The van der Waals surface area contributed by atoms with Crippen LogP contribution in [0.15, 0.2) is 106 Å². The van der Waals surface area contributed by atoms with Gasteiger partial charge in [0.1, 0.15) is 12.4 Å². The average molecular weight is 901 g/mol. The highest BCUT2D eigenvalue weighted by molar-refractivity contribution is 14.1. The zero-order chi connectivity index (χ0) is 33.9. The Morgan fingerprint density at radius 1 is 1.00 bits per heavy atom. The van der Waals surface area contributed by atoms with E-state index >= 15 is 0 Å². The molecule has 0 spiro atoms. The minimum absolute atomic E-state index is 0.199. The van der Waals surface area contributed by atoms with E-state index in [0.717, 1.165) is 35.1 Å². The van der Waals surface area contributed by atoms with E-state index in [2.05, 4.69) is 71.2 Å². The summed E-state index contributed by atoms with van der Waals surface area (Å²) in [5, 5.41) is 0.682. The number of hydrogen-bond donors (Lipinski definition) is 0.